The van der Waals surface area contributed by atoms with Crippen LogP contribution in [0.2, 0.25) is 0 Å². The molecule has 0 bridgehead atoms. The van der Waals surface area contributed by atoms with E-state index in [1.54, 1.807) is 0 Å². The molecule has 14 aromatic rings. The smallest absolute Gasteiger partial charge is 0.212 e. The molecule has 0 N–H and O–H groups in total. The number of fused-ring (bicyclic) bond motifs is 14. The number of nitrogens with zero attached hydrogens (tertiary/aromatic N) is 6. The summed E-state index contributed by atoms with van der Waals surface area (Å²) in [6.07, 6.45) is 0. The minimum absolute atomic E-state index is 0.725. The van der Waals surface area contributed by atoms with Gasteiger partial charge in [0.15, 0.2) is 0 Å². The van der Waals surface area contributed by atoms with E-state index in [2.05, 4.69) is 267 Å². The summed E-state index contributed by atoms with van der Waals surface area (Å²) in [6, 6.07) is 86.7. The molecule has 0 fully saturated rings. The second-order valence-corrected chi connectivity index (χ2v) is 18.4. The highest BCUT2D eigenvalue weighted by Crippen LogP contribution is 2.52. The van der Waals surface area contributed by atoms with Gasteiger partial charge < -0.3 is 18.6 Å². The van der Waals surface area contributed by atoms with Gasteiger partial charge in [-0.1, -0.05) is 146 Å². The topological polar surface area (TPSA) is 35.9 Å². The molecular formula is C63H42N6. The number of benzene rings is 10. The Morgan fingerprint density at radius 1 is 0.319 bits per heavy atom. The fourth-order valence-corrected chi connectivity index (χ4v) is 12.1. The summed E-state index contributed by atoms with van der Waals surface area (Å²) in [5.74, 6) is 0.899. The molecular weight excluding hydrogens is 841 g/mol. The molecule has 0 atom stereocenters. The normalized spacial score (nSPS) is 13.4. The van der Waals surface area contributed by atoms with Gasteiger partial charge in [0.25, 0.3) is 0 Å². The molecule has 324 valence electrons. The summed E-state index contributed by atoms with van der Waals surface area (Å²) < 4.78 is 9.69. The minimum Gasteiger partial charge on any atom is -0.327 e. The Kier molecular flexibility index (Phi) is 7.82. The van der Waals surface area contributed by atoms with Crippen LogP contribution in [-0.4, -0.2) is 30.3 Å². The maximum atomic E-state index is 5.35. The predicted molar refractivity (Wildman–Crippen MR) is 285 cm³/mol. The Morgan fingerprint density at radius 3 is 1.17 bits per heavy atom. The maximum absolute atomic E-state index is 5.35. The van der Waals surface area contributed by atoms with Crippen molar-refractivity contribution in [3.63, 3.8) is 0 Å². The fourth-order valence-electron chi connectivity index (χ4n) is 12.1. The number of anilines is 1. The molecule has 10 aromatic carbocycles. The maximum Gasteiger partial charge on any atom is 0.212 e. The Bertz CT molecular complexity index is 4080. The zero-order valence-electron chi connectivity index (χ0n) is 37.7. The average Bonchev–Trinajstić information content (AvgIpc) is 4.16. The summed E-state index contributed by atoms with van der Waals surface area (Å²) in [7, 11) is 2.21. The van der Waals surface area contributed by atoms with Crippen molar-refractivity contribution in [2.75, 3.05) is 11.9 Å². The lowest BCUT2D eigenvalue weighted by Crippen LogP contribution is -2.50. The van der Waals surface area contributed by atoms with Crippen LogP contribution in [0.15, 0.2) is 237 Å². The standard InChI is InChI=1S/C63H42N6/c1-65-62-64-53-26-12-17-31-61(53)69(62)60-37-34-45(40-52(60)63(65,41-18-4-2-5-19-41)42-20-6-3-7-21-42)68-58-35-32-43(66-54-27-13-8-22-46(54)47-23-9-14-28-55(47)66)38-50(58)51-39-44(33-36-59(51)68)67-56-29-15-10-24-48(56)49-25-11-16-30-57(49)67/h2-40H,1H3. The van der Waals surface area contributed by atoms with Gasteiger partial charge in [0.2, 0.25) is 5.95 Å². The van der Waals surface area contributed by atoms with E-state index in [1.807, 2.05) is 0 Å². The number of hydrogen-bond donors (Lipinski definition) is 0. The molecule has 6 heteroatoms. The quantitative estimate of drug-likeness (QED) is 0.173. The van der Waals surface area contributed by atoms with Crippen molar-refractivity contribution < 1.29 is 0 Å². The van der Waals surface area contributed by atoms with Gasteiger partial charge >= 0.3 is 0 Å². The van der Waals surface area contributed by atoms with Crippen molar-refractivity contribution in [3.05, 3.63) is 253 Å². The Hall–Kier alpha value is -9.13. The molecule has 4 aromatic heterocycles. The predicted octanol–water partition coefficient (Wildman–Crippen LogP) is 15.1. The molecule has 0 unspecified atom stereocenters. The van der Waals surface area contributed by atoms with E-state index in [-0.39, 0.29) is 0 Å². The van der Waals surface area contributed by atoms with Gasteiger partial charge in [-0.25, -0.2) is 4.98 Å². The number of rotatable bonds is 5. The summed E-state index contributed by atoms with van der Waals surface area (Å²) >= 11 is 0. The highest BCUT2D eigenvalue weighted by molar-refractivity contribution is 6.14. The van der Waals surface area contributed by atoms with Crippen molar-refractivity contribution in [2.45, 2.75) is 5.54 Å². The van der Waals surface area contributed by atoms with Crippen LogP contribution >= 0.6 is 0 Å². The summed E-state index contributed by atoms with van der Waals surface area (Å²) in [5, 5.41) is 7.36. The SMILES string of the molecule is CN1c2nc3ccccc3n2-c2ccc(-n3c4ccc(-n5c6ccccc6c6ccccc65)cc4c4cc(-n5c6ccccc6c6ccccc65)ccc43)cc2C1(c1ccccc1)c1ccccc1. The number of hydrogen-bond acceptors (Lipinski definition) is 2. The van der Waals surface area contributed by atoms with Crippen LogP contribution in [0.25, 0.3) is 99.2 Å². The second kappa shape index (κ2) is 14.2. The van der Waals surface area contributed by atoms with Crippen LogP contribution in [0.1, 0.15) is 16.7 Å². The van der Waals surface area contributed by atoms with Gasteiger partial charge in [0.05, 0.1) is 49.8 Å². The fraction of sp³-hybridized carbons (Fsp3) is 0.0317. The van der Waals surface area contributed by atoms with Gasteiger partial charge in [-0.2, -0.15) is 0 Å². The first-order valence-electron chi connectivity index (χ1n) is 23.7. The van der Waals surface area contributed by atoms with E-state index >= 15 is 0 Å². The summed E-state index contributed by atoms with van der Waals surface area (Å²) in [5.41, 5.74) is 16.3. The van der Waals surface area contributed by atoms with Crippen LogP contribution in [0.4, 0.5) is 5.95 Å². The van der Waals surface area contributed by atoms with E-state index in [0.29, 0.717) is 0 Å². The third-order valence-electron chi connectivity index (χ3n) is 15.0. The molecule has 1 aliphatic heterocycles. The van der Waals surface area contributed by atoms with Gasteiger partial charge in [0.1, 0.15) is 5.54 Å². The molecule has 0 saturated heterocycles. The first-order chi connectivity index (χ1) is 34.2. The first-order valence-corrected chi connectivity index (χ1v) is 23.7. The Labute approximate surface area is 397 Å². The van der Waals surface area contributed by atoms with Crippen molar-refractivity contribution in [1.82, 2.24) is 23.3 Å². The lowest BCUT2D eigenvalue weighted by Gasteiger charge is -2.48. The van der Waals surface area contributed by atoms with Crippen molar-refractivity contribution >= 4 is 82.4 Å². The van der Waals surface area contributed by atoms with Gasteiger partial charge in [0, 0.05) is 62.0 Å². The molecule has 0 spiro atoms. The molecule has 0 saturated carbocycles. The monoisotopic (exact) mass is 882 g/mol. The number of aromatic nitrogens is 5. The third kappa shape index (κ3) is 5.12. The lowest BCUT2D eigenvalue weighted by atomic mass is 9.74. The molecule has 6 nitrogen and oxygen atoms in total. The van der Waals surface area contributed by atoms with E-state index in [0.717, 1.165) is 50.8 Å². The van der Waals surface area contributed by atoms with Gasteiger partial charge in [-0.15, -0.1) is 0 Å². The lowest BCUT2D eigenvalue weighted by molar-refractivity contribution is 0.564. The molecule has 1 aliphatic rings. The Morgan fingerprint density at radius 2 is 0.696 bits per heavy atom. The number of para-hydroxylation sites is 6. The third-order valence-corrected chi connectivity index (χ3v) is 15.0. The minimum atomic E-state index is -0.725. The molecule has 0 radical (unpaired) electrons. The zero-order chi connectivity index (χ0) is 45.4. The van der Waals surface area contributed by atoms with Gasteiger partial charge in [-0.3, -0.25) is 4.57 Å². The average molecular weight is 883 g/mol. The Balaban J connectivity index is 1.05. The van der Waals surface area contributed by atoms with Crippen LogP contribution in [0.5, 0.6) is 0 Å². The highest BCUT2D eigenvalue weighted by atomic mass is 15.4. The van der Waals surface area contributed by atoms with E-state index in [4.69, 9.17) is 4.98 Å². The molecule has 69 heavy (non-hydrogen) atoms. The molecule has 0 aliphatic carbocycles. The molecule has 0 amide bonds. The van der Waals surface area contributed by atoms with Crippen LogP contribution in [-0.2, 0) is 5.54 Å². The van der Waals surface area contributed by atoms with Gasteiger partial charge in [-0.05, 0) is 102 Å². The van der Waals surface area contributed by atoms with E-state index < -0.39 is 5.54 Å². The highest BCUT2D eigenvalue weighted by Gasteiger charge is 2.47. The van der Waals surface area contributed by atoms with Crippen molar-refractivity contribution in [3.8, 4) is 22.7 Å². The zero-order valence-corrected chi connectivity index (χ0v) is 37.7. The number of imidazole rings is 1. The summed E-state index contributed by atoms with van der Waals surface area (Å²) in [6.45, 7) is 0. The second-order valence-electron chi connectivity index (χ2n) is 18.4. The summed E-state index contributed by atoms with van der Waals surface area (Å²) in [4.78, 5) is 7.74. The van der Waals surface area contributed by atoms with Crippen LogP contribution in [0, 0.1) is 0 Å². The van der Waals surface area contributed by atoms with Crippen LogP contribution in [0.3, 0.4) is 0 Å². The first kappa shape index (κ1) is 38.0. The largest absolute Gasteiger partial charge is 0.327 e. The van der Waals surface area contributed by atoms with Crippen molar-refractivity contribution in [2.24, 2.45) is 0 Å². The van der Waals surface area contributed by atoms with E-state index in [9.17, 15) is 0 Å². The van der Waals surface area contributed by atoms with Crippen molar-refractivity contribution in [1.29, 1.82) is 0 Å². The van der Waals surface area contributed by atoms with E-state index in [1.165, 1.54) is 71.1 Å². The van der Waals surface area contributed by atoms with Crippen LogP contribution < -0.4 is 4.90 Å². The molecule has 15 rings (SSSR count). The molecule has 5 heterocycles.